The first kappa shape index (κ1) is 6.43. The lowest BCUT2D eigenvalue weighted by Gasteiger charge is -2.29. The van der Waals surface area contributed by atoms with E-state index in [0.717, 1.165) is 0 Å². The molecule has 0 aromatic rings. The van der Waals surface area contributed by atoms with Crippen LogP contribution < -0.4 is 0 Å². The molecular formula is C10H17NO3. The largest absolute Gasteiger partial charge is 0.444 e. The highest BCUT2D eigenvalue weighted by atomic mass is 16.6. The van der Waals surface area contributed by atoms with Crippen LogP contribution >= 0.6 is 0 Å². The minimum Gasteiger partial charge on any atom is -0.444 e. The Morgan fingerprint density at radius 2 is 1.93 bits per heavy atom. The number of rotatable bonds is 0. The molecule has 0 aromatic heterocycles. The summed E-state index contributed by atoms with van der Waals surface area (Å²) in [6, 6.07) is 0. The summed E-state index contributed by atoms with van der Waals surface area (Å²) < 4.78 is 35.5. The Bertz CT molecular complexity index is 356. The SMILES string of the molecule is [2H]C1([2H])CC(=O)CC([2H])([2H])N1C(=O)OC(C)(C)C. The molecule has 1 aliphatic heterocycles. The van der Waals surface area contributed by atoms with Crippen molar-refractivity contribution in [3.63, 3.8) is 0 Å². The van der Waals surface area contributed by atoms with Crippen molar-refractivity contribution in [1.82, 2.24) is 4.90 Å². The molecule has 14 heavy (non-hydrogen) atoms. The van der Waals surface area contributed by atoms with E-state index in [0.29, 0.717) is 4.90 Å². The Balaban J connectivity index is 3.03. The summed E-state index contributed by atoms with van der Waals surface area (Å²) in [6.45, 7) is 0.0593. The molecule has 0 saturated carbocycles. The summed E-state index contributed by atoms with van der Waals surface area (Å²) in [4.78, 5) is 23.5. The van der Waals surface area contributed by atoms with E-state index < -0.39 is 43.3 Å². The van der Waals surface area contributed by atoms with Gasteiger partial charge < -0.3 is 9.64 Å². The number of nitrogens with zero attached hydrogens (tertiary/aromatic N) is 1. The molecule has 0 radical (unpaired) electrons. The van der Waals surface area contributed by atoms with E-state index in [1.165, 1.54) is 0 Å². The number of carbonyl (C=O) groups excluding carboxylic acids is 2. The van der Waals surface area contributed by atoms with E-state index in [1.54, 1.807) is 20.8 Å². The highest BCUT2D eigenvalue weighted by Gasteiger charge is 2.25. The van der Waals surface area contributed by atoms with Crippen LogP contribution in [0.1, 0.15) is 39.1 Å². The smallest absolute Gasteiger partial charge is 0.410 e. The number of amides is 1. The quantitative estimate of drug-likeness (QED) is 0.600. The van der Waals surface area contributed by atoms with Gasteiger partial charge in [-0.25, -0.2) is 4.79 Å². The van der Waals surface area contributed by atoms with Gasteiger partial charge in [0, 0.05) is 31.3 Å². The van der Waals surface area contributed by atoms with Crippen molar-refractivity contribution in [2.75, 3.05) is 13.0 Å². The van der Waals surface area contributed by atoms with Crippen molar-refractivity contribution in [3.8, 4) is 0 Å². The molecule has 0 atom stereocenters. The predicted molar refractivity (Wildman–Crippen MR) is 52.0 cm³/mol. The van der Waals surface area contributed by atoms with Gasteiger partial charge in [0.1, 0.15) is 11.4 Å². The molecule has 4 nitrogen and oxygen atoms in total. The molecule has 1 heterocycles. The lowest BCUT2D eigenvalue weighted by Crippen LogP contribution is -2.41. The Morgan fingerprint density at radius 1 is 1.43 bits per heavy atom. The lowest BCUT2D eigenvalue weighted by atomic mass is 10.1. The third-order valence-corrected chi connectivity index (χ3v) is 1.44. The average Bonchev–Trinajstić information content (AvgIpc) is 1.90. The van der Waals surface area contributed by atoms with Gasteiger partial charge in [-0.2, -0.15) is 0 Å². The number of ether oxygens (including phenoxy) is 1. The van der Waals surface area contributed by atoms with Crippen molar-refractivity contribution < 1.29 is 19.8 Å². The Hall–Kier alpha value is -1.06. The lowest BCUT2D eigenvalue weighted by molar-refractivity contribution is -0.121. The molecule has 0 spiro atoms. The minimum absolute atomic E-state index is 0.382. The first-order valence-corrected chi connectivity index (χ1v) is 4.40. The fourth-order valence-electron chi connectivity index (χ4n) is 0.890. The van der Waals surface area contributed by atoms with Crippen LogP contribution in [-0.2, 0) is 9.53 Å². The van der Waals surface area contributed by atoms with Crippen molar-refractivity contribution >= 4 is 11.9 Å². The van der Waals surface area contributed by atoms with Gasteiger partial charge in [0.25, 0.3) is 0 Å². The summed E-state index contributed by atoms with van der Waals surface area (Å²) >= 11 is 0. The molecule has 0 bridgehead atoms. The van der Waals surface area contributed by atoms with Gasteiger partial charge in [0.15, 0.2) is 0 Å². The normalized spacial score (nSPS) is 29.6. The van der Waals surface area contributed by atoms with Crippen LogP contribution in [0.25, 0.3) is 0 Å². The molecule has 4 heteroatoms. The first-order chi connectivity index (χ1) is 7.85. The summed E-state index contributed by atoms with van der Waals surface area (Å²) in [6.07, 6.45) is -2.14. The highest BCUT2D eigenvalue weighted by Crippen LogP contribution is 2.13. The van der Waals surface area contributed by atoms with E-state index in [4.69, 9.17) is 10.2 Å². The van der Waals surface area contributed by atoms with E-state index in [-0.39, 0.29) is 0 Å². The second kappa shape index (κ2) is 3.98. The molecule has 0 aromatic carbocycles. The molecule has 0 N–H and O–H groups in total. The van der Waals surface area contributed by atoms with Gasteiger partial charge in [0.05, 0.1) is 0 Å². The maximum Gasteiger partial charge on any atom is 0.410 e. The molecule has 1 rings (SSSR count). The van der Waals surface area contributed by atoms with Crippen LogP contribution in [0.15, 0.2) is 0 Å². The fourth-order valence-corrected chi connectivity index (χ4v) is 0.890. The standard InChI is InChI=1S/C10H17NO3/c1-10(2,3)14-9(13)11-6-4-8(12)5-7-11/h4-7H2,1-3H3/i6D2,7D2. The zero-order chi connectivity index (χ0) is 14.4. The number of hydrogen-bond donors (Lipinski definition) is 0. The summed E-state index contributed by atoms with van der Waals surface area (Å²) in [5.41, 5.74) is -0.856. The summed E-state index contributed by atoms with van der Waals surface area (Å²) in [5.74, 6) is -0.551. The van der Waals surface area contributed by atoms with Crippen molar-refractivity contribution in [3.05, 3.63) is 0 Å². The number of hydrogen-bond acceptors (Lipinski definition) is 3. The number of likely N-dealkylation sites (tertiary alicyclic amines) is 1. The topological polar surface area (TPSA) is 46.6 Å². The summed E-state index contributed by atoms with van der Waals surface area (Å²) in [7, 11) is 0. The van der Waals surface area contributed by atoms with Gasteiger partial charge in [-0.05, 0) is 20.8 Å². The molecule has 0 unspecified atom stereocenters. The maximum absolute atomic E-state index is 11.9. The highest BCUT2D eigenvalue weighted by molar-refractivity contribution is 5.81. The second-order valence-corrected chi connectivity index (χ2v) is 4.02. The summed E-state index contributed by atoms with van der Waals surface area (Å²) in [5, 5.41) is 0. The number of Topliss-reactive ketones (excluding diaryl/α,β-unsaturated/α-hetero) is 1. The van der Waals surface area contributed by atoms with Crippen LogP contribution in [-0.4, -0.2) is 35.4 Å². The zero-order valence-corrected chi connectivity index (χ0v) is 8.59. The van der Waals surface area contributed by atoms with Crippen molar-refractivity contribution in [1.29, 1.82) is 0 Å². The van der Waals surface area contributed by atoms with Gasteiger partial charge >= 0.3 is 6.09 Å². The predicted octanol–water partition coefficient (Wildman–Crippen LogP) is 1.59. The Kier molecular flexibility index (Phi) is 1.83. The van der Waals surface area contributed by atoms with Crippen LogP contribution in [0.2, 0.25) is 0 Å². The number of ketones is 1. The van der Waals surface area contributed by atoms with E-state index in [1.807, 2.05) is 0 Å². The Morgan fingerprint density at radius 3 is 2.36 bits per heavy atom. The van der Waals surface area contributed by atoms with Crippen LogP contribution in [0.4, 0.5) is 4.79 Å². The van der Waals surface area contributed by atoms with Crippen LogP contribution in [0.3, 0.4) is 0 Å². The van der Waals surface area contributed by atoms with Gasteiger partial charge in [-0.15, -0.1) is 0 Å². The van der Waals surface area contributed by atoms with Crippen LogP contribution in [0, 0.1) is 0 Å². The van der Waals surface area contributed by atoms with E-state index in [9.17, 15) is 9.59 Å². The van der Waals surface area contributed by atoms with Crippen molar-refractivity contribution in [2.24, 2.45) is 0 Å². The van der Waals surface area contributed by atoms with Gasteiger partial charge in [-0.1, -0.05) is 0 Å². The van der Waals surface area contributed by atoms with E-state index >= 15 is 0 Å². The first-order valence-electron chi connectivity index (χ1n) is 6.40. The monoisotopic (exact) mass is 203 g/mol. The molecule has 0 aliphatic carbocycles. The van der Waals surface area contributed by atoms with Crippen molar-refractivity contribution in [2.45, 2.75) is 39.2 Å². The molecule has 1 saturated heterocycles. The average molecular weight is 203 g/mol. The zero-order valence-electron chi connectivity index (χ0n) is 12.6. The molecule has 1 aliphatic rings. The molecule has 1 amide bonds. The maximum atomic E-state index is 11.9. The second-order valence-electron chi connectivity index (χ2n) is 4.02. The van der Waals surface area contributed by atoms with Gasteiger partial charge in [-0.3, -0.25) is 4.79 Å². The van der Waals surface area contributed by atoms with Crippen LogP contribution in [0.5, 0.6) is 0 Å². The molecule has 80 valence electrons. The van der Waals surface area contributed by atoms with Gasteiger partial charge in [0.2, 0.25) is 0 Å². The van der Waals surface area contributed by atoms with E-state index in [2.05, 4.69) is 0 Å². The minimum atomic E-state index is -2.37. The molecular weight excluding hydrogens is 182 g/mol. The number of piperidine rings is 1. The third-order valence-electron chi connectivity index (χ3n) is 1.44. The number of carbonyl (C=O) groups is 2. The third kappa shape index (κ3) is 3.36. The Labute approximate surface area is 89.8 Å². The molecule has 1 fully saturated rings. The fraction of sp³-hybridized carbons (Fsp3) is 0.800.